The molecule has 0 N–H and O–H groups in total. The van der Waals surface area contributed by atoms with Crippen LogP contribution in [0.25, 0.3) is 76.1 Å². The second-order valence-electron chi connectivity index (χ2n) is 14.3. The van der Waals surface area contributed by atoms with Gasteiger partial charge in [0, 0.05) is 10.8 Å². The second kappa shape index (κ2) is 10.8. The summed E-state index contributed by atoms with van der Waals surface area (Å²) in [7, 11) is 0. The van der Waals surface area contributed by atoms with Crippen molar-refractivity contribution in [3.63, 3.8) is 0 Å². The molecule has 0 saturated heterocycles. The van der Waals surface area contributed by atoms with Crippen LogP contribution in [0.4, 0.5) is 0 Å². The monoisotopic (exact) mass is 672 g/mol. The molecule has 244 valence electrons. The molecule has 53 heavy (non-hydrogen) atoms. The third-order valence-corrected chi connectivity index (χ3v) is 11.5. The topological polar surface area (TPSA) is 18.5 Å². The molecule has 0 atom stereocenters. The van der Waals surface area contributed by atoms with Crippen LogP contribution in [0.3, 0.4) is 0 Å². The summed E-state index contributed by atoms with van der Waals surface area (Å²) in [5, 5.41) is 12.0. The van der Waals surface area contributed by atoms with E-state index in [9.17, 15) is 0 Å². The van der Waals surface area contributed by atoms with Crippen molar-refractivity contribution < 1.29 is 9.47 Å². The van der Waals surface area contributed by atoms with Crippen molar-refractivity contribution in [2.45, 2.75) is 0 Å². The molecule has 10 aromatic rings. The maximum Gasteiger partial charge on any atom is 0.260 e. The summed E-state index contributed by atoms with van der Waals surface area (Å²) in [6.07, 6.45) is 0. The van der Waals surface area contributed by atoms with Crippen molar-refractivity contribution in [2.24, 2.45) is 0 Å². The summed E-state index contributed by atoms with van der Waals surface area (Å²) in [6, 6.07) is 63.5. The van der Waals surface area contributed by atoms with Crippen LogP contribution < -0.4 is 25.9 Å². The largest absolute Gasteiger partial charge is 0.458 e. The van der Waals surface area contributed by atoms with Crippen LogP contribution in [0.5, 0.6) is 23.0 Å². The van der Waals surface area contributed by atoms with E-state index >= 15 is 0 Å². The quantitative estimate of drug-likeness (QED) is 0.103. The molecule has 0 saturated carbocycles. The van der Waals surface area contributed by atoms with Gasteiger partial charge in [-0.15, -0.1) is 0 Å². The van der Waals surface area contributed by atoms with Crippen LogP contribution >= 0.6 is 0 Å². The number of hydrogen-bond acceptors (Lipinski definition) is 2. The van der Waals surface area contributed by atoms with Crippen molar-refractivity contribution >= 4 is 77.0 Å². The van der Waals surface area contributed by atoms with Crippen molar-refractivity contribution in [1.29, 1.82) is 0 Å². The Morgan fingerprint density at radius 1 is 0.321 bits per heavy atom. The van der Waals surface area contributed by atoms with Gasteiger partial charge in [0.25, 0.3) is 6.71 Å². The zero-order chi connectivity index (χ0) is 34.6. The average Bonchev–Trinajstić information content (AvgIpc) is 3.22. The van der Waals surface area contributed by atoms with Gasteiger partial charge in [0.05, 0.1) is 0 Å². The summed E-state index contributed by atoms with van der Waals surface area (Å²) in [6.45, 7) is -0.0358. The van der Waals surface area contributed by atoms with Crippen molar-refractivity contribution in [1.82, 2.24) is 0 Å². The molecule has 0 aliphatic carbocycles. The Morgan fingerprint density at radius 3 is 1.51 bits per heavy atom. The lowest BCUT2D eigenvalue weighted by molar-refractivity contribution is 0.469. The lowest BCUT2D eigenvalue weighted by atomic mass is 9.34. The first-order valence-corrected chi connectivity index (χ1v) is 18.3. The highest BCUT2D eigenvalue weighted by atomic mass is 16.5. The number of para-hydroxylation sites is 1. The Morgan fingerprint density at radius 2 is 0.830 bits per heavy atom. The van der Waals surface area contributed by atoms with E-state index in [1.807, 2.05) is 0 Å². The van der Waals surface area contributed by atoms with Gasteiger partial charge in [0.1, 0.15) is 23.0 Å². The molecule has 12 rings (SSSR count). The second-order valence-corrected chi connectivity index (χ2v) is 14.3. The molecule has 0 unspecified atom stereocenters. The summed E-state index contributed by atoms with van der Waals surface area (Å²) in [4.78, 5) is 0. The van der Waals surface area contributed by atoms with E-state index in [4.69, 9.17) is 9.47 Å². The minimum Gasteiger partial charge on any atom is -0.458 e. The Balaban J connectivity index is 1.14. The standard InChI is InChI=1S/C50H29BO2/c1-2-14-30(15-3-1)46-36-20-8-10-22-38(36)47(39-23-11-9-21-37(39)46)31-26-27-42-44(28-31)52-45-29-40-34-18-5-4-16-32(34)33-17-6-7-19-35(33)48(40)50-49(45)51(42)41-24-12-13-25-43(41)53-50/h1-29H. The van der Waals surface area contributed by atoms with Gasteiger partial charge in [-0.05, 0) is 99.9 Å². The fraction of sp³-hybridized carbons (Fsp3) is 0. The van der Waals surface area contributed by atoms with E-state index in [0.717, 1.165) is 55.7 Å². The number of ether oxygens (including phenoxy) is 2. The van der Waals surface area contributed by atoms with Gasteiger partial charge in [-0.3, -0.25) is 0 Å². The lowest BCUT2D eigenvalue weighted by Gasteiger charge is -2.34. The molecule has 2 nitrogen and oxygen atoms in total. The predicted octanol–water partition coefficient (Wildman–Crippen LogP) is 11.5. The first-order chi connectivity index (χ1) is 26.3. The molecule has 2 aliphatic heterocycles. The molecule has 0 aromatic heterocycles. The molecule has 10 aromatic carbocycles. The molecule has 2 aliphatic rings. The number of hydrogen-bond donors (Lipinski definition) is 0. The third kappa shape index (κ3) is 3.99. The zero-order valence-electron chi connectivity index (χ0n) is 28.6. The van der Waals surface area contributed by atoms with Crippen molar-refractivity contribution in [3.8, 4) is 45.3 Å². The third-order valence-electron chi connectivity index (χ3n) is 11.5. The van der Waals surface area contributed by atoms with Gasteiger partial charge in [-0.25, -0.2) is 0 Å². The van der Waals surface area contributed by atoms with Gasteiger partial charge in [0.2, 0.25) is 0 Å². The highest BCUT2D eigenvalue weighted by molar-refractivity contribution is 6.98. The van der Waals surface area contributed by atoms with E-state index in [1.165, 1.54) is 59.8 Å². The highest BCUT2D eigenvalue weighted by Crippen LogP contribution is 2.48. The van der Waals surface area contributed by atoms with E-state index in [0.29, 0.717) is 0 Å². The van der Waals surface area contributed by atoms with E-state index < -0.39 is 0 Å². The Hall–Kier alpha value is -6.84. The fourth-order valence-electron chi connectivity index (χ4n) is 9.37. The van der Waals surface area contributed by atoms with Crippen LogP contribution in [0.2, 0.25) is 0 Å². The summed E-state index contributed by atoms with van der Waals surface area (Å²) in [5.41, 5.74) is 8.25. The summed E-state index contributed by atoms with van der Waals surface area (Å²) < 4.78 is 14.1. The molecule has 0 spiro atoms. The van der Waals surface area contributed by atoms with Gasteiger partial charge < -0.3 is 9.47 Å². The molecular weight excluding hydrogens is 643 g/mol. The van der Waals surface area contributed by atoms with Crippen LogP contribution in [0.1, 0.15) is 0 Å². The van der Waals surface area contributed by atoms with E-state index in [2.05, 4.69) is 176 Å². The normalized spacial score (nSPS) is 12.8. The van der Waals surface area contributed by atoms with Gasteiger partial charge in [-0.1, -0.05) is 158 Å². The molecule has 0 amide bonds. The minimum atomic E-state index is -0.0358. The SMILES string of the molecule is c1ccc(-c2c3ccccc3c(-c3ccc4c(c3)Oc3cc5c6ccccc6c6ccccc6c5c5c3B4c3ccccc3O5)c3ccccc23)cc1. The highest BCUT2D eigenvalue weighted by Gasteiger charge is 2.41. The van der Waals surface area contributed by atoms with Gasteiger partial charge in [0.15, 0.2) is 0 Å². The Labute approximate surface area is 306 Å². The van der Waals surface area contributed by atoms with Gasteiger partial charge in [-0.2, -0.15) is 0 Å². The summed E-state index contributed by atoms with van der Waals surface area (Å²) in [5.74, 6) is 3.52. The van der Waals surface area contributed by atoms with Crippen molar-refractivity contribution in [3.05, 3.63) is 176 Å². The summed E-state index contributed by atoms with van der Waals surface area (Å²) >= 11 is 0. The van der Waals surface area contributed by atoms with Crippen molar-refractivity contribution in [2.75, 3.05) is 0 Å². The van der Waals surface area contributed by atoms with Crippen LogP contribution in [-0.2, 0) is 0 Å². The molecule has 0 radical (unpaired) electrons. The Bertz CT molecular complexity index is 3130. The van der Waals surface area contributed by atoms with Crippen LogP contribution in [-0.4, -0.2) is 6.71 Å². The lowest BCUT2D eigenvalue weighted by Crippen LogP contribution is -2.57. The number of benzene rings is 10. The van der Waals surface area contributed by atoms with Crippen LogP contribution in [0.15, 0.2) is 176 Å². The van der Waals surface area contributed by atoms with E-state index in [1.54, 1.807) is 0 Å². The molecular formula is C50H29BO2. The maximum absolute atomic E-state index is 7.11. The van der Waals surface area contributed by atoms with Gasteiger partial charge >= 0.3 is 0 Å². The fourth-order valence-corrected chi connectivity index (χ4v) is 9.37. The molecule has 0 bridgehead atoms. The predicted molar refractivity (Wildman–Crippen MR) is 223 cm³/mol. The Kier molecular flexibility index (Phi) is 5.89. The molecule has 2 heterocycles. The number of rotatable bonds is 2. The molecule has 0 fully saturated rings. The first-order valence-electron chi connectivity index (χ1n) is 18.3. The minimum absolute atomic E-state index is 0.0358. The average molecular weight is 673 g/mol. The van der Waals surface area contributed by atoms with Crippen LogP contribution in [0, 0.1) is 0 Å². The maximum atomic E-state index is 7.11. The smallest absolute Gasteiger partial charge is 0.260 e. The first kappa shape index (κ1) is 28.8. The number of fused-ring (bicyclic) bond motifs is 13. The molecule has 3 heteroatoms. The van der Waals surface area contributed by atoms with E-state index in [-0.39, 0.29) is 6.71 Å². The zero-order valence-corrected chi connectivity index (χ0v) is 28.6.